The number of carbonyl (C=O) groups excluding carboxylic acids is 1. The summed E-state index contributed by atoms with van der Waals surface area (Å²) in [5.41, 5.74) is 1.98. The zero-order valence-corrected chi connectivity index (χ0v) is 10.5. The van der Waals surface area contributed by atoms with Gasteiger partial charge in [0.05, 0.1) is 12.2 Å². The third kappa shape index (κ3) is 2.19. The summed E-state index contributed by atoms with van der Waals surface area (Å²) >= 11 is 1.64. The quantitative estimate of drug-likeness (QED) is 0.879. The summed E-state index contributed by atoms with van der Waals surface area (Å²) < 4.78 is 0. The molecular formula is C12H12N4OS. The Morgan fingerprint density at radius 2 is 2.33 bits per heavy atom. The van der Waals surface area contributed by atoms with Crippen molar-refractivity contribution >= 4 is 23.1 Å². The van der Waals surface area contributed by atoms with Gasteiger partial charge in [0.1, 0.15) is 12.1 Å². The minimum absolute atomic E-state index is 0.0388. The molecule has 18 heavy (non-hydrogen) atoms. The minimum atomic E-state index is 0.0388. The van der Waals surface area contributed by atoms with Crippen LogP contribution in [-0.2, 0) is 4.79 Å². The summed E-state index contributed by atoms with van der Waals surface area (Å²) in [4.78, 5) is 21.8. The average Bonchev–Trinajstić information content (AvgIpc) is 2.93. The first-order valence-electron chi connectivity index (χ1n) is 5.69. The first kappa shape index (κ1) is 11.2. The number of aromatic nitrogens is 2. The van der Waals surface area contributed by atoms with Crippen LogP contribution in [0.2, 0.25) is 0 Å². The molecule has 0 atom stereocenters. The molecule has 5 nitrogen and oxygen atoms in total. The van der Waals surface area contributed by atoms with E-state index in [4.69, 9.17) is 0 Å². The predicted octanol–water partition coefficient (Wildman–Crippen LogP) is 1.14. The lowest BCUT2D eigenvalue weighted by molar-refractivity contribution is -0.120. The fourth-order valence-corrected chi connectivity index (χ4v) is 2.57. The molecular weight excluding hydrogens is 248 g/mol. The monoisotopic (exact) mass is 260 g/mol. The van der Waals surface area contributed by atoms with Gasteiger partial charge in [-0.05, 0) is 11.4 Å². The van der Waals surface area contributed by atoms with E-state index in [0.29, 0.717) is 13.1 Å². The second-order valence-corrected chi connectivity index (χ2v) is 4.83. The van der Waals surface area contributed by atoms with Gasteiger partial charge < -0.3 is 10.2 Å². The second kappa shape index (κ2) is 4.73. The minimum Gasteiger partial charge on any atom is -0.353 e. The van der Waals surface area contributed by atoms with Crippen LogP contribution in [0.15, 0.2) is 29.2 Å². The summed E-state index contributed by atoms with van der Waals surface area (Å²) in [6.45, 7) is 1.81. The van der Waals surface area contributed by atoms with Crippen molar-refractivity contribution < 1.29 is 4.79 Å². The summed E-state index contributed by atoms with van der Waals surface area (Å²) in [6, 6.07) is 3.96. The van der Waals surface area contributed by atoms with E-state index >= 15 is 0 Å². The van der Waals surface area contributed by atoms with Gasteiger partial charge in [-0.2, -0.15) is 11.3 Å². The molecule has 0 bridgehead atoms. The maximum absolute atomic E-state index is 11.4. The fraction of sp³-hybridized carbons (Fsp3) is 0.250. The summed E-state index contributed by atoms with van der Waals surface area (Å²) in [5.74, 6) is 0.845. The Hall–Kier alpha value is -1.95. The highest BCUT2D eigenvalue weighted by molar-refractivity contribution is 7.08. The van der Waals surface area contributed by atoms with E-state index in [1.807, 2.05) is 22.4 Å². The molecule has 2 aromatic heterocycles. The van der Waals surface area contributed by atoms with E-state index in [1.54, 1.807) is 17.7 Å². The molecule has 3 rings (SSSR count). The summed E-state index contributed by atoms with van der Waals surface area (Å²) in [7, 11) is 0. The predicted molar refractivity (Wildman–Crippen MR) is 70.6 cm³/mol. The molecule has 0 radical (unpaired) electrons. The third-order valence-electron chi connectivity index (χ3n) is 2.83. The largest absolute Gasteiger partial charge is 0.353 e. The molecule has 1 saturated heterocycles. The number of nitrogens with one attached hydrogen (secondary N) is 1. The van der Waals surface area contributed by atoms with Gasteiger partial charge in [-0.3, -0.25) is 4.79 Å². The molecule has 92 valence electrons. The lowest BCUT2D eigenvalue weighted by Gasteiger charge is -2.27. The molecule has 0 unspecified atom stereocenters. The van der Waals surface area contributed by atoms with Crippen LogP contribution in [-0.4, -0.2) is 35.5 Å². The smallest absolute Gasteiger partial charge is 0.239 e. The van der Waals surface area contributed by atoms with E-state index < -0.39 is 0 Å². The standard InChI is InChI=1S/C12H12N4OS/c17-12-6-16(3-2-13-12)11-5-10(14-8-15-11)9-1-4-18-7-9/h1,4-5,7-8H,2-3,6H2,(H,13,17). The van der Waals surface area contributed by atoms with Crippen molar-refractivity contribution in [3.63, 3.8) is 0 Å². The number of rotatable bonds is 2. The number of anilines is 1. The van der Waals surface area contributed by atoms with E-state index in [1.165, 1.54) is 0 Å². The van der Waals surface area contributed by atoms with Gasteiger partial charge in [-0.15, -0.1) is 0 Å². The number of piperazine rings is 1. The van der Waals surface area contributed by atoms with Crippen molar-refractivity contribution in [1.29, 1.82) is 0 Å². The van der Waals surface area contributed by atoms with Crippen molar-refractivity contribution in [1.82, 2.24) is 15.3 Å². The Morgan fingerprint density at radius 3 is 3.11 bits per heavy atom. The van der Waals surface area contributed by atoms with Gasteiger partial charge in [-0.25, -0.2) is 9.97 Å². The van der Waals surface area contributed by atoms with E-state index in [9.17, 15) is 4.79 Å². The molecule has 0 aliphatic carbocycles. The fourth-order valence-electron chi connectivity index (χ4n) is 1.92. The lowest BCUT2D eigenvalue weighted by Crippen LogP contribution is -2.48. The third-order valence-corrected chi connectivity index (χ3v) is 3.52. The van der Waals surface area contributed by atoms with Crippen molar-refractivity contribution in [2.45, 2.75) is 0 Å². The number of hydrogen-bond acceptors (Lipinski definition) is 5. The van der Waals surface area contributed by atoms with Gasteiger partial charge in [0.15, 0.2) is 0 Å². The van der Waals surface area contributed by atoms with Crippen molar-refractivity contribution in [2.24, 2.45) is 0 Å². The van der Waals surface area contributed by atoms with Crippen LogP contribution >= 0.6 is 11.3 Å². The number of amides is 1. The zero-order valence-electron chi connectivity index (χ0n) is 9.67. The van der Waals surface area contributed by atoms with Crippen molar-refractivity contribution in [2.75, 3.05) is 24.5 Å². The first-order valence-corrected chi connectivity index (χ1v) is 6.63. The molecule has 1 amide bonds. The Bertz CT molecular complexity index is 555. The van der Waals surface area contributed by atoms with Crippen LogP contribution in [0.25, 0.3) is 11.3 Å². The van der Waals surface area contributed by atoms with Gasteiger partial charge in [0.2, 0.25) is 5.91 Å². The SMILES string of the molecule is O=C1CN(c2cc(-c3ccsc3)ncn2)CCN1. The van der Waals surface area contributed by atoms with E-state index in [2.05, 4.69) is 20.7 Å². The van der Waals surface area contributed by atoms with Crippen LogP contribution < -0.4 is 10.2 Å². The molecule has 3 heterocycles. The lowest BCUT2D eigenvalue weighted by atomic mass is 10.2. The Labute approximate surface area is 108 Å². The molecule has 1 fully saturated rings. The highest BCUT2D eigenvalue weighted by Crippen LogP contribution is 2.22. The normalized spacial score (nSPS) is 15.6. The van der Waals surface area contributed by atoms with Gasteiger partial charge >= 0.3 is 0 Å². The Morgan fingerprint density at radius 1 is 1.39 bits per heavy atom. The van der Waals surface area contributed by atoms with E-state index in [-0.39, 0.29) is 5.91 Å². The average molecular weight is 260 g/mol. The number of hydrogen-bond donors (Lipinski definition) is 1. The van der Waals surface area contributed by atoms with Crippen LogP contribution in [0.3, 0.4) is 0 Å². The molecule has 1 N–H and O–H groups in total. The maximum atomic E-state index is 11.4. The second-order valence-electron chi connectivity index (χ2n) is 4.04. The number of thiophene rings is 1. The molecule has 1 aliphatic rings. The summed E-state index contributed by atoms with van der Waals surface area (Å²) in [5, 5.41) is 6.87. The molecule has 0 saturated carbocycles. The molecule has 2 aromatic rings. The maximum Gasteiger partial charge on any atom is 0.239 e. The van der Waals surface area contributed by atoms with Crippen LogP contribution in [0.4, 0.5) is 5.82 Å². The zero-order chi connectivity index (χ0) is 12.4. The molecule has 6 heteroatoms. The first-order chi connectivity index (χ1) is 8.83. The van der Waals surface area contributed by atoms with Gasteiger partial charge in [0.25, 0.3) is 0 Å². The summed E-state index contributed by atoms with van der Waals surface area (Å²) in [6.07, 6.45) is 1.55. The van der Waals surface area contributed by atoms with Crippen LogP contribution in [0, 0.1) is 0 Å². The highest BCUT2D eigenvalue weighted by atomic mass is 32.1. The molecule has 0 spiro atoms. The highest BCUT2D eigenvalue weighted by Gasteiger charge is 2.17. The topological polar surface area (TPSA) is 58.1 Å². The number of carbonyl (C=O) groups is 1. The molecule has 0 aromatic carbocycles. The molecule has 1 aliphatic heterocycles. The Kier molecular flexibility index (Phi) is 2.93. The van der Waals surface area contributed by atoms with Gasteiger partial charge in [0, 0.05) is 30.1 Å². The van der Waals surface area contributed by atoms with Crippen molar-refractivity contribution in [3.8, 4) is 11.3 Å². The van der Waals surface area contributed by atoms with Gasteiger partial charge in [-0.1, -0.05) is 0 Å². The van der Waals surface area contributed by atoms with Crippen LogP contribution in [0.1, 0.15) is 0 Å². The number of nitrogens with zero attached hydrogens (tertiary/aromatic N) is 3. The van der Waals surface area contributed by atoms with Crippen LogP contribution in [0.5, 0.6) is 0 Å². The van der Waals surface area contributed by atoms with Crippen molar-refractivity contribution in [3.05, 3.63) is 29.2 Å². The Balaban J connectivity index is 1.89. The van der Waals surface area contributed by atoms with E-state index in [0.717, 1.165) is 23.6 Å².